The van der Waals surface area contributed by atoms with E-state index < -0.39 is 57.8 Å². The first-order valence-electron chi connectivity index (χ1n) is 17.8. The van der Waals surface area contributed by atoms with Gasteiger partial charge >= 0.3 is 0 Å². The summed E-state index contributed by atoms with van der Waals surface area (Å²) in [7, 11) is -4.24. The highest BCUT2D eigenvalue weighted by Gasteiger charge is 2.44. The van der Waals surface area contributed by atoms with E-state index in [2.05, 4.69) is 25.7 Å². The van der Waals surface area contributed by atoms with Gasteiger partial charge in [-0.25, -0.2) is 17.8 Å². The summed E-state index contributed by atoms with van der Waals surface area (Å²) in [5, 5.41) is 14.3. The van der Waals surface area contributed by atoms with Crippen molar-refractivity contribution in [3.8, 4) is 11.3 Å². The zero-order valence-corrected chi connectivity index (χ0v) is 31.4. The highest BCUT2D eigenvalue weighted by Crippen LogP contribution is 2.30. The fourth-order valence-electron chi connectivity index (χ4n) is 6.23. The molecule has 14 heteroatoms. The molecule has 280 valence electrons. The highest BCUT2D eigenvalue weighted by molar-refractivity contribution is 7.90. The molecule has 1 saturated heterocycles. The van der Waals surface area contributed by atoms with E-state index in [9.17, 15) is 27.6 Å². The van der Waals surface area contributed by atoms with Crippen LogP contribution in [0.3, 0.4) is 0 Å². The van der Waals surface area contributed by atoms with E-state index in [0.29, 0.717) is 5.69 Å². The Hall–Kier alpha value is -5.37. The molecule has 13 nitrogen and oxygen atoms in total. The summed E-state index contributed by atoms with van der Waals surface area (Å²) in [5.74, 6) is -2.81. The molecule has 4 atom stereocenters. The number of carbonyl (C=O) groups excluding carboxylic acids is 4. The molecule has 4 amide bonds. The van der Waals surface area contributed by atoms with Crippen molar-refractivity contribution in [3.63, 3.8) is 0 Å². The lowest BCUT2D eigenvalue weighted by Gasteiger charge is -2.30. The fraction of sp³-hybridized carbons (Fsp3) is 0.385. The minimum atomic E-state index is -4.24. The first-order chi connectivity index (χ1) is 25.2. The number of aromatic nitrogens is 3. The van der Waals surface area contributed by atoms with Gasteiger partial charge in [-0.1, -0.05) is 111 Å². The van der Waals surface area contributed by atoms with Crippen molar-refractivity contribution in [2.75, 3.05) is 6.54 Å². The van der Waals surface area contributed by atoms with Gasteiger partial charge in [0.25, 0.3) is 15.9 Å². The van der Waals surface area contributed by atoms with Gasteiger partial charge in [0, 0.05) is 30.9 Å². The second-order valence-electron chi connectivity index (χ2n) is 14.2. The molecule has 5 rings (SSSR count). The summed E-state index contributed by atoms with van der Waals surface area (Å²) in [6, 6.07) is 21.0. The molecule has 0 bridgehead atoms. The maximum Gasteiger partial charge on any atom is 0.264 e. The lowest BCUT2D eigenvalue weighted by molar-refractivity contribution is -0.142. The fourth-order valence-corrected chi connectivity index (χ4v) is 7.25. The van der Waals surface area contributed by atoms with E-state index >= 15 is 0 Å². The monoisotopic (exact) mass is 741 g/mol. The second-order valence-corrected chi connectivity index (χ2v) is 15.9. The van der Waals surface area contributed by atoms with Crippen molar-refractivity contribution in [1.29, 1.82) is 0 Å². The number of carbonyl (C=O) groups is 4. The molecule has 0 saturated carbocycles. The van der Waals surface area contributed by atoms with Gasteiger partial charge in [-0.3, -0.25) is 19.2 Å². The Morgan fingerprint density at radius 1 is 0.830 bits per heavy atom. The van der Waals surface area contributed by atoms with Crippen molar-refractivity contribution < 1.29 is 27.6 Å². The molecule has 53 heavy (non-hydrogen) atoms. The molecule has 0 aliphatic carbocycles. The third-order valence-electron chi connectivity index (χ3n) is 9.15. The molecule has 1 aliphatic rings. The van der Waals surface area contributed by atoms with Crippen LogP contribution in [-0.4, -0.2) is 76.6 Å². The summed E-state index contributed by atoms with van der Waals surface area (Å²) in [6.07, 6.45) is 2.21. The Kier molecular flexibility index (Phi) is 12.4. The van der Waals surface area contributed by atoms with Crippen molar-refractivity contribution >= 4 is 33.7 Å². The Morgan fingerprint density at radius 2 is 1.47 bits per heavy atom. The van der Waals surface area contributed by atoms with Crippen LogP contribution in [0.1, 0.15) is 57.7 Å². The normalized spacial score (nSPS) is 17.0. The van der Waals surface area contributed by atoms with Gasteiger partial charge in [-0.05, 0) is 37.0 Å². The molecule has 1 aliphatic heterocycles. The first kappa shape index (κ1) is 38.9. The molecular formula is C39H47N7O6S. The third-order valence-corrected chi connectivity index (χ3v) is 10.5. The van der Waals surface area contributed by atoms with Crippen LogP contribution in [0.4, 0.5) is 0 Å². The molecule has 3 aromatic carbocycles. The number of benzene rings is 3. The zero-order chi connectivity index (χ0) is 38.3. The minimum absolute atomic E-state index is 0.0696. The van der Waals surface area contributed by atoms with Crippen LogP contribution in [0, 0.1) is 18.8 Å². The van der Waals surface area contributed by atoms with Gasteiger partial charge in [0.05, 0.1) is 17.1 Å². The zero-order valence-electron chi connectivity index (χ0n) is 30.6. The number of amides is 4. The maximum atomic E-state index is 14.5. The molecular weight excluding hydrogens is 695 g/mol. The molecule has 1 fully saturated rings. The molecule has 3 N–H and O–H groups in total. The summed E-state index contributed by atoms with van der Waals surface area (Å²) < 4.78 is 30.0. The van der Waals surface area contributed by atoms with Crippen molar-refractivity contribution in [2.45, 2.75) is 82.9 Å². The van der Waals surface area contributed by atoms with Crippen LogP contribution in [0.25, 0.3) is 11.3 Å². The van der Waals surface area contributed by atoms with Crippen LogP contribution in [0.5, 0.6) is 0 Å². The van der Waals surface area contributed by atoms with Crippen LogP contribution >= 0.6 is 0 Å². The maximum absolute atomic E-state index is 14.5. The van der Waals surface area contributed by atoms with Gasteiger partial charge in [0.1, 0.15) is 23.8 Å². The molecule has 4 aromatic rings. The number of nitrogens with one attached hydrogen (secondary N) is 3. The van der Waals surface area contributed by atoms with E-state index in [4.69, 9.17) is 0 Å². The molecule has 0 spiro atoms. The Balaban J connectivity index is 1.44. The summed E-state index contributed by atoms with van der Waals surface area (Å²) >= 11 is 0. The van der Waals surface area contributed by atoms with Gasteiger partial charge in [0.15, 0.2) is 0 Å². The van der Waals surface area contributed by atoms with Crippen molar-refractivity contribution in [3.05, 3.63) is 102 Å². The van der Waals surface area contributed by atoms with Gasteiger partial charge < -0.3 is 15.5 Å². The van der Waals surface area contributed by atoms with Crippen molar-refractivity contribution in [2.24, 2.45) is 11.8 Å². The average Bonchev–Trinajstić information content (AvgIpc) is 3.80. The van der Waals surface area contributed by atoms with E-state index in [1.807, 2.05) is 81.4 Å². The lowest BCUT2D eigenvalue weighted by atomic mass is 10.0. The summed E-state index contributed by atoms with van der Waals surface area (Å²) in [5.41, 5.74) is 3.14. The van der Waals surface area contributed by atoms with Crippen LogP contribution in [0.15, 0.2) is 96.0 Å². The Labute approximate surface area is 310 Å². The lowest BCUT2D eigenvalue weighted by Crippen LogP contribution is -2.57. The van der Waals surface area contributed by atoms with Crippen LogP contribution < -0.4 is 15.4 Å². The van der Waals surface area contributed by atoms with E-state index in [0.717, 1.165) is 16.7 Å². The predicted octanol–water partition coefficient (Wildman–Crippen LogP) is 3.82. The van der Waals surface area contributed by atoms with Crippen molar-refractivity contribution in [1.82, 2.24) is 35.2 Å². The Morgan fingerprint density at radius 3 is 2.09 bits per heavy atom. The van der Waals surface area contributed by atoms with Gasteiger partial charge in [-0.15, -0.1) is 5.10 Å². The quantitative estimate of drug-likeness (QED) is 0.175. The molecule has 0 radical (unpaired) electrons. The standard InChI is InChI=1S/C39H47N7O6S/c1-25(2)20-32(37(48)43-53(51,52)31-18-16-27(5)17-19-31)40-38(49)35-22-30(46-24-34(42-44-46)29-14-10-7-11-15-29)23-45(35)39(50)33(41-36(47)26(3)4)21-28-12-8-6-9-13-28/h6-19,24-26,30,32-33,35H,20-23H2,1-5H3,(H,40,49)(H,41,47)(H,43,48)/t30-,32-,33-,35-/m0/s1. The topological polar surface area (TPSA) is 172 Å². The molecule has 0 unspecified atom stereocenters. The number of rotatable bonds is 14. The van der Waals surface area contributed by atoms with E-state index in [1.165, 1.54) is 17.0 Å². The van der Waals surface area contributed by atoms with Crippen LogP contribution in [-0.2, 0) is 35.6 Å². The smallest absolute Gasteiger partial charge is 0.264 e. The number of hydrogen-bond donors (Lipinski definition) is 3. The highest BCUT2D eigenvalue weighted by atomic mass is 32.2. The largest absolute Gasteiger partial charge is 0.344 e. The van der Waals surface area contributed by atoms with Gasteiger partial charge in [0.2, 0.25) is 17.7 Å². The second kappa shape index (κ2) is 17.0. The number of hydrogen-bond acceptors (Lipinski definition) is 8. The minimum Gasteiger partial charge on any atom is -0.344 e. The van der Waals surface area contributed by atoms with Gasteiger partial charge in [-0.2, -0.15) is 0 Å². The molecule has 2 heterocycles. The van der Waals surface area contributed by atoms with E-state index in [-0.39, 0.29) is 42.5 Å². The molecule has 1 aromatic heterocycles. The third kappa shape index (κ3) is 9.95. The average molecular weight is 742 g/mol. The van der Waals surface area contributed by atoms with Crippen LogP contribution in [0.2, 0.25) is 0 Å². The first-order valence-corrected chi connectivity index (χ1v) is 19.3. The van der Waals surface area contributed by atoms with E-state index in [1.54, 1.807) is 36.9 Å². The number of likely N-dealkylation sites (tertiary alicyclic amines) is 1. The SMILES string of the molecule is Cc1ccc(S(=O)(=O)NC(=O)[C@H](CC(C)C)NC(=O)[C@@H]2C[C@H](n3cc(-c4ccccc4)nn3)CN2C(=O)[C@H](Cc2ccccc2)NC(=O)C(C)C)cc1. The number of nitrogens with zero attached hydrogens (tertiary/aromatic N) is 4. The summed E-state index contributed by atoms with van der Waals surface area (Å²) in [4.78, 5) is 56.7. The Bertz CT molecular complexity index is 2000. The summed E-state index contributed by atoms with van der Waals surface area (Å²) in [6.45, 7) is 9.05. The predicted molar refractivity (Wildman–Crippen MR) is 199 cm³/mol. The number of aryl methyl sites for hydroxylation is 1. The number of sulfonamides is 1.